The number of carbonyl (C=O) groups is 3. The number of aryl methyl sites for hydroxylation is 1. The molecule has 0 saturated heterocycles. The number of hydrogen-bond acceptors (Lipinski definition) is 7. The first-order chi connectivity index (χ1) is 15.2. The van der Waals surface area contributed by atoms with Crippen LogP contribution < -0.4 is 16.4 Å². The lowest BCUT2D eigenvalue weighted by atomic mass is 10.2. The molecule has 0 bridgehead atoms. The highest BCUT2D eigenvalue weighted by Crippen LogP contribution is 2.26. The van der Waals surface area contributed by atoms with Gasteiger partial charge >= 0.3 is 5.97 Å². The summed E-state index contributed by atoms with van der Waals surface area (Å²) < 4.78 is 6.15. The second kappa shape index (κ2) is 9.13. The second-order valence-electron chi connectivity index (χ2n) is 6.95. The Morgan fingerprint density at radius 3 is 2.41 bits per heavy atom. The molecule has 0 aliphatic rings. The zero-order valence-corrected chi connectivity index (χ0v) is 17.7. The molecule has 1 heterocycles. The van der Waals surface area contributed by atoms with Gasteiger partial charge in [-0.3, -0.25) is 15.0 Å². The molecular weight excluding hydrogens is 412 g/mol. The van der Waals surface area contributed by atoms with Gasteiger partial charge in [-0.05, 0) is 48.9 Å². The van der Waals surface area contributed by atoms with Gasteiger partial charge in [0.05, 0.1) is 12.8 Å². The normalized spacial score (nSPS) is 10.3. The number of anilines is 2. The van der Waals surface area contributed by atoms with Crippen LogP contribution in [-0.4, -0.2) is 40.5 Å². The van der Waals surface area contributed by atoms with Crippen LogP contribution in [0.3, 0.4) is 0 Å². The summed E-state index contributed by atoms with van der Waals surface area (Å²) >= 11 is 0. The van der Waals surface area contributed by atoms with Crippen LogP contribution in [0, 0.1) is 12.3 Å². The van der Waals surface area contributed by atoms with Crippen LogP contribution in [0.2, 0.25) is 0 Å². The van der Waals surface area contributed by atoms with Crippen LogP contribution in [-0.2, 0) is 9.53 Å². The van der Waals surface area contributed by atoms with Gasteiger partial charge in [-0.1, -0.05) is 12.1 Å². The third-order valence-electron chi connectivity index (χ3n) is 4.46. The number of esters is 1. The van der Waals surface area contributed by atoms with Gasteiger partial charge in [-0.2, -0.15) is 5.10 Å². The van der Waals surface area contributed by atoms with E-state index in [-0.39, 0.29) is 22.6 Å². The number of ether oxygens (including phenoxy) is 1. The SMILES string of the molecule is COC(=O)c1c(NC(C)=O)c(C(=N)NC(=O)c2ccc(N)cc2)nn1-c1cccc(C)c1. The van der Waals surface area contributed by atoms with Crippen molar-refractivity contribution in [2.24, 2.45) is 0 Å². The Bertz CT molecular complexity index is 1210. The number of aromatic nitrogens is 2. The van der Waals surface area contributed by atoms with Crippen LogP contribution in [0.25, 0.3) is 5.69 Å². The van der Waals surface area contributed by atoms with E-state index in [1.807, 2.05) is 13.0 Å². The Labute approximate surface area is 183 Å². The van der Waals surface area contributed by atoms with E-state index in [2.05, 4.69) is 15.7 Å². The fourth-order valence-corrected chi connectivity index (χ4v) is 3.00. The minimum absolute atomic E-state index is 0.0477. The Kier molecular flexibility index (Phi) is 6.34. The van der Waals surface area contributed by atoms with E-state index in [1.165, 1.54) is 30.8 Å². The molecule has 1 aromatic heterocycles. The second-order valence-corrected chi connectivity index (χ2v) is 6.95. The number of methoxy groups -OCH3 is 1. The Balaban J connectivity index is 2.10. The zero-order chi connectivity index (χ0) is 23.4. The number of nitrogens with one attached hydrogen (secondary N) is 3. The van der Waals surface area contributed by atoms with Crippen molar-refractivity contribution in [1.29, 1.82) is 5.41 Å². The molecule has 164 valence electrons. The third kappa shape index (κ3) is 4.64. The number of carbonyl (C=O) groups excluding carboxylic acids is 3. The van der Waals surface area contributed by atoms with Gasteiger partial charge in [0.15, 0.2) is 17.2 Å². The molecular formula is C22H22N6O4. The summed E-state index contributed by atoms with van der Waals surface area (Å²) in [6.45, 7) is 3.13. The van der Waals surface area contributed by atoms with Gasteiger partial charge in [0.1, 0.15) is 5.69 Å². The first-order valence-corrected chi connectivity index (χ1v) is 9.53. The summed E-state index contributed by atoms with van der Waals surface area (Å²) in [4.78, 5) is 37.0. The summed E-state index contributed by atoms with van der Waals surface area (Å²) in [5, 5.41) is 17.7. The molecule has 0 aliphatic heterocycles. The number of nitrogens with zero attached hydrogens (tertiary/aromatic N) is 2. The summed E-state index contributed by atoms with van der Waals surface area (Å²) in [5.41, 5.74) is 7.58. The quantitative estimate of drug-likeness (QED) is 0.209. The summed E-state index contributed by atoms with van der Waals surface area (Å²) in [5.74, 6) is -2.25. The van der Waals surface area contributed by atoms with Crippen molar-refractivity contribution in [3.05, 3.63) is 71.0 Å². The smallest absolute Gasteiger partial charge is 0.359 e. The van der Waals surface area contributed by atoms with E-state index in [0.29, 0.717) is 11.4 Å². The van der Waals surface area contributed by atoms with Gasteiger partial charge in [0.25, 0.3) is 5.91 Å². The van der Waals surface area contributed by atoms with E-state index in [1.54, 1.807) is 30.3 Å². The molecule has 0 unspecified atom stereocenters. The largest absolute Gasteiger partial charge is 0.464 e. The molecule has 3 aromatic rings. The monoisotopic (exact) mass is 434 g/mol. The molecule has 3 rings (SSSR count). The van der Waals surface area contributed by atoms with Crippen LogP contribution in [0.15, 0.2) is 48.5 Å². The van der Waals surface area contributed by atoms with Crippen molar-refractivity contribution in [2.75, 3.05) is 18.2 Å². The number of amides is 2. The topological polar surface area (TPSA) is 152 Å². The fraction of sp³-hybridized carbons (Fsp3) is 0.136. The maximum atomic E-state index is 12.6. The number of nitrogen functional groups attached to an aromatic ring is 1. The predicted molar refractivity (Wildman–Crippen MR) is 119 cm³/mol. The summed E-state index contributed by atoms with van der Waals surface area (Å²) in [7, 11) is 1.20. The number of rotatable bonds is 5. The molecule has 0 spiro atoms. The molecule has 10 heteroatoms. The molecule has 32 heavy (non-hydrogen) atoms. The number of hydrogen-bond donors (Lipinski definition) is 4. The zero-order valence-electron chi connectivity index (χ0n) is 17.7. The summed E-state index contributed by atoms with van der Waals surface area (Å²) in [6.07, 6.45) is 0. The Morgan fingerprint density at radius 2 is 1.81 bits per heavy atom. The molecule has 0 radical (unpaired) electrons. The molecule has 0 fully saturated rings. The average Bonchev–Trinajstić information content (AvgIpc) is 3.12. The lowest BCUT2D eigenvalue weighted by Gasteiger charge is -2.09. The highest BCUT2D eigenvalue weighted by Gasteiger charge is 2.29. The minimum atomic E-state index is -0.772. The molecule has 5 N–H and O–H groups in total. The maximum Gasteiger partial charge on any atom is 0.359 e. The van der Waals surface area contributed by atoms with Gasteiger partial charge < -0.3 is 21.1 Å². The number of benzene rings is 2. The van der Waals surface area contributed by atoms with Gasteiger partial charge in [0, 0.05) is 18.2 Å². The molecule has 0 atom stereocenters. The first kappa shape index (κ1) is 22.2. The van der Waals surface area contributed by atoms with Crippen molar-refractivity contribution < 1.29 is 19.1 Å². The number of nitrogens with two attached hydrogens (primary N) is 1. The molecule has 10 nitrogen and oxygen atoms in total. The highest BCUT2D eigenvalue weighted by atomic mass is 16.5. The fourth-order valence-electron chi connectivity index (χ4n) is 3.00. The van der Waals surface area contributed by atoms with Crippen molar-refractivity contribution >= 4 is 35.0 Å². The lowest BCUT2D eigenvalue weighted by Crippen LogP contribution is -2.31. The van der Waals surface area contributed by atoms with E-state index < -0.39 is 23.6 Å². The maximum absolute atomic E-state index is 12.6. The van der Waals surface area contributed by atoms with E-state index >= 15 is 0 Å². The average molecular weight is 434 g/mol. The number of amidine groups is 1. The van der Waals surface area contributed by atoms with E-state index in [9.17, 15) is 14.4 Å². The third-order valence-corrected chi connectivity index (χ3v) is 4.46. The Hall–Kier alpha value is -4.47. The molecule has 0 saturated carbocycles. The molecule has 2 aromatic carbocycles. The van der Waals surface area contributed by atoms with Gasteiger partial charge in [-0.25, -0.2) is 9.48 Å². The van der Waals surface area contributed by atoms with Crippen molar-refractivity contribution in [3.63, 3.8) is 0 Å². The molecule has 0 aliphatic carbocycles. The van der Waals surface area contributed by atoms with E-state index in [0.717, 1.165) is 5.56 Å². The van der Waals surface area contributed by atoms with Crippen LogP contribution in [0.1, 0.15) is 39.0 Å². The van der Waals surface area contributed by atoms with Crippen LogP contribution in [0.4, 0.5) is 11.4 Å². The van der Waals surface area contributed by atoms with Gasteiger partial charge in [-0.15, -0.1) is 0 Å². The van der Waals surface area contributed by atoms with E-state index in [4.69, 9.17) is 15.9 Å². The van der Waals surface area contributed by atoms with Crippen LogP contribution >= 0.6 is 0 Å². The van der Waals surface area contributed by atoms with Crippen molar-refractivity contribution in [2.45, 2.75) is 13.8 Å². The lowest BCUT2D eigenvalue weighted by molar-refractivity contribution is -0.114. The first-order valence-electron chi connectivity index (χ1n) is 9.53. The standard InChI is InChI=1S/C22H22N6O4/c1-12-5-4-6-16(11-12)28-19(22(31)32-3)17(25-13(2)29)18(27-28)20(24)26-21(30)14-7-9-15(23)10-8-14/h4-11H,23H2,1-3H3,(H,25,29)(H2,24,26,30). The Morgan fingerprint density at radius 1 is 1.12 bits per heavy atom. The van der Waals surface area contributed by atoms with Gasteiger partial charge in [0.2, 0.25) is 5.91 Å². The molecule has 2 amide bonds. The van der Waals surface area contributed by atoms with Crippen molar-refractivity contribution in [3.8, 4) is 5.69 Å². The predicted octanol–water partition coefficient (Wildman–Crippen LogP) is 2.26. The highest BCUT2D eigenvalue weighted by molar-refractivity contribution is 6.15. The van der Waals surface area contributed by atoms with Crippen molar-refractivity contribution in [1.82, 2.24) is 15.1 Å². The van der Waals surface area contributed by atoms with Crippen LogP contribution in [0.5, 0.6) is 0 Å². The minimum Gasteiger partial charge on any atom is -0.464 e. The summed E-state index contributed by atoms with van der Waals surface area (Å²) in [6, 6.07) is 13.3.